The third kappa shape index (κ3) is 3.60. The van der Waals surface area contributed by atoms with Gasteiger partial charge < -0.3 is 10.1 Å². The second-order valence-corrected chi connectivity index (χ2v) is 6.12. The standard InChI is InChI=1S/C19H19FN4O/c20-16-8-6-14(7-9-16)10-21-11-17-12-24-18(13-25-17)19(22-23-24)15-4-2-1-3-5-15/h1-9,17,21H,10-13H2. The van der Waals surface area contributed by atoms with Gasteiger partial charge in [0.2, 0.25) is 0 Å². The van der Waals surface area contributed by atoms with Crippen LogP contribution in [0.3, 0.4) is 0 Å². The molecule has 1 aliphatic heterocycles. The quantitative estimate of drug-likeness (QED) is 0.777. The number of hydrogen-bond acceptors (Lipinski definition) is 4. The van der Waals surface area contributed by atoms with Crippen molar-refractivity contribution in [3.05, 3.63) is 71.7 Å². The molecule has 1 aliphatic rings. The third-order valence-electron chi connectivity index (χ3n) is 4.33. The van der Waals surface area contributed by atoms with Gasteiger partial charge in [0.25, 0.3) is 0 Å². The molecule has 0 spiro atoms. The van der Waals surface area contributed by atoms with Gasteiger partial charge >= 0.3 is 0 Å². The van der Waals surface area contributed by atoms with E-state index in [1.807, 2.05) is 35.0 Å². The number of benzene rings is 2. The molecule has 0 aliphatic carbocycles. The lowest BCUT2D eigenvalue weighted by atomic mass is 10.1. The average Bonchev–Trinajstić information content (AvgIpc) is 3.07. The van der Waals surface area contributed by atoms with Gasteiger partial charge in [0.1, 0.15) is 11.5 Å². The lowest BCUT2D eigenvalue weighted by Gasteiger charge is -2.24. The molecule has 5 nitrogen and oxygen atoms in total. The summed E-state index contributed by atoms with van der Waals surface area (Å²) in [5.41, 5.74) is 4.00. The monoisotopic (exact) mass is 338 g/mol. The Labute approximate surface area is 145 Å². The van der Waals surface area contributed by atoms with E-state index >= 15 is 0 Å². The lowest BCUT2D eigenvalue weighted by Crippen LogP contribution is -2.36. The lowest BCUT2D eigenvalue weighted by molar-refractivity contribution is 0.00125. The number of ether oxygens (including phenoxy) is 1. The van der Waals surface area contributed by atoms with Gasteiger partial charge in [0.05, 0.1) is 24.9 Å². The summed E-state index contributed by atoms with van der Waals surface area (Å²) in [6, 6.07) is 16.5. The summed E-state index contributed by atoms with van der Waals surface area (Å²) >= 11 is 0. The number of nitrogens with zero attached hydrogens (tertiary/aromatic N) is 3. The summed E-state index contributed by atoms with van der Waals surface area (Å²) in [6.45, 7) is 2.56. The predicted octanol–water partition coefficient (Wildman–Crippen LogP) is 2.77. The first-order valence-electron chi connectivity index (χ1n) is 8.34. The van der Waals surface area contributed by atoms with Crippen molar-refractivity contribution in [2.75, 3.05) is 6.54 Å². The van der Waals surface area contributed by atoms with E-state index < -0.39 is 0 Å². The van der Waals surface area contributed by atoms with Crippen molar-refractivity contribution in [1.29, 1.82) is 0 Å². The van der Waals surface area contributed by atoms with E-state index in [4.69, 9.17) is 4.74 Å². The molecule has 1 aromatic heterocycles. The molecule has 4 rings (SSSR count). The fourth-order valence-corrected chi connectivity index (χ4v) is 2.99. The van der Waals surface area contributed by atoms with E-state index in [0.717, 1.165) is 22.5 Å². The van der Waals surface area contributed by atoms with Crippen molar-refractivity contribution < 1.29 is 9.13 Å². The van der Waals surface area contributed by atoms with E-state index in [0.29, 0.717) is 26.2 Å². The predicted molar refractivity (Wildman–Crippen MR) is 92.1 cm³/mol. The maximum Gasteiger partial charge on any atom is 0.123 e. The van der Waals surface area contributed by atoms with Crippen LogP contribution in [-0.4, -0.2) is 27.6 Å². The Kier molecular flexibility index (Phi) is 4.54. The van der Waals surface area contributed by atoms with Crippen molar-refractivity contribution >= 4 is 0 Å². The van der Waals surface area contributed by atoms with Gasteiger partial charge in [-0.3, -0.25) is 0 Å². The van der Waals surface area contributed by atoms with Crippen LogP contribution >= 0.6 is 0 Å². The van der Waals surface area contributed by atoms with Crippen LogP contribution in [0.5, 0.6) is 0 Å². The molecule has 0 saturated heterocycles. The molecule has 0 fully saturated rings. The van der Waals surface area contributed by atoms with Crippen molar-refractivity contribution in [1.82, 2.24) is 20.3 Å². The summed E-state index contributed by atoms with van der Waals surface area (Å²) < 4.78 is 20.8. The normalized spacial score (nSPS) is 16.6. The Morgan fingerprint density at radius 1 is 1.12 bits per heavy atom. The molecule has 2 heterocycles. The van der Waals surface area contributed by atoms with Crippen LogP contribution in [0.2, 0.25) is 0 Å². The smallest absolute Gasteiger partial charge is 0.123 e. The van der Waals surface area contributed by atoms with Gasteiger partial charge in [-0.15, -0.1) is 5.10 Å². The van der Waals surface area contributed by atoms with Crippen LogP contribution < -0.4 is 5.32 Å². The van der Waals surface area contributed by atoms with Crippen molar-refractivity contribution in [2.24, 2.45) is 0 Å². The first-order chi connectivity index (χ1) is 12.3. The minimum Gasteiger partial charge on any atom is -0.369 e. The van der Waals surface area contributed by atoms with Gasteiger partial charge in [0.15, 0.2) is 0 Å². The zero-order valence-electron chi connectivity index (χ0n) is 13.7. The first kappa shape index (κ1) is 15.9. The molecular weight excluding hydrogens is 319 g/mol. The van der Waals surface area contributed by atoms with Crippen LogP contribution in [0, 0.1) is 5.82 Å². The summed E-state index contributed by atoms with van der Waals surface area (Å²) in [5, 5.41) is 11.9. The molecule has 0 saturated carbocycles. The highest BCUT2D eigenvalue weighted by Crippen LogP contribution is 2.24. The molecule has 1 unspecified atom stereocenters. The van der Waals surface area contributed by atoms with Crippen LogP contribution in [0.4, 0.5) is 4.39 Å². The molecular formula is C19H19FN4O. The number of rotatable bonds is 5. The van der Waals surface area contributed by atoms with Gasteiger partial charge in [-0.05, 0) is 17.7 Å². The molecule has 0 amide bonds. The Hall–Kier alpha value is -2.57. The molecule has 128 valence electrons. The van der Waals surface area contributed by atoms with E-state index in [1.165, 1.54) is 12.1 Å². The van der Waals surface area contributed by atoms with Crippen LogP contribution in [0.1, 0.15) is 11.3 Å². The molecule has 3 aromatic rings. The Bertz CT molecular complexity index is 832. The minimum absolute atomic E-state index is 0.0401. The van der Waals surface area contributed by atoms with Crippen LogP contribution in [-0.2, 0) is 24.4 Å². The van der Waals surface area contributed by atoms with Gasteiger partial charge in [0, 0.05) is 18.7 Å². The average molecular weight is 338 g/mol. The highest BCUT2D eigenvalue weighted by Gasteiger charge is 2.24. The minimum atomic E-state index is -0.215. The molecule has 25 heavy (non-hydrogen) atoms. The molecule has 6 heteroatoms. The number of nitrogens with one attached hydrogen (secondary N) is 1. The fraction of sp³-hybridized carbons (Fsp3) is 0.263. The zero-order chi connectivity index (χ0) is 17.1. The summed E-state index contributed by atoms with van der Waals surface area (Å²) in [5.74, 6) is -0.215. The number of aromatic nitrogens is 3. The molecule has 0 bridgehead atoms. The summed E-state index contributed by atoms with van der Waals surface area (Å²) in [6.07, 6.45) is 0.0401. The second kappa shape index (κ2) is 7.13. The topological polar surface area (TPSA) is 52.0 Å². The van der Waals surface area contributed by atoms with Gasteiger partial charge in [-0.25, -0.2) is 9.07 Å². The van der Waals surface area contributed by atoms with E-state index in [2.05, 4.69) is 15.6 Å². The third-order valence-corrected chi connectivity index (χ3v) is 4.33. The number of fused-ring (bicyclic) bond motifs is 1. The maximum atomic E-state index is 12.9. The van der Waals surface area contributed by atoms with Gasteiger partial charge in [-0.2, -0.15) is 0 Å². The summed E-state index contributed by atoms with van der Waals surface area (Å²) in [4.78, 5) is 0. The highest BCUT2D eigenvalue weighted by molar-refractivity contribution is 5.61. The summed E-state index contributed by atoms with van der Waals surface area (Å²) in [7, 11) is 0. The number of halogens is 1. The van der Waals surface area contributed by atoms with E-state index in [1.54, 1.807) is 12.1 Å². The fourth-order valence-electron chi connectivity index (χ4n) is 2.99. The number of hydrogen-bond donors (Lipinski definition) is 1. The molecule has 0 radical (unpaired) electrons. The van der Waals surface area contributed by atoms with E-state index in [9.17, 15) is 4.39 Å². The first-order valence-corrected chi connectivity index (χ1v) is 8.34. The molecule has 2 aromatic carbocycles. The highest BCUT2D eigenvalue weighted by atomic mass is 19.1. The Balaban J connectivity index is 1.36. The van der Waals surface area contributed by atoms with Crippen molar-refractivity contribution in [3.63, 3.8) is 0 Å². The SMILES string of the molecule is Fc1ccc(CNCC2Cn3nnc(-c4ccccc4)c3CO2)cc1. The Morgan fingerprint density at radius 2 is 1.92 bits per heavy atom. The molecule has 1 atom stereocenters. The van der Waals surface area contributed by atoms with Crippen LogP contribution in [0.25, 0.3) is 11.3 Å². The molecule has 1 N–H and O–H groups in total. The van der Waals surface area contributed by atoms with Crippen molar-refractivity contribution in [2.45, 2.75) is 25.8 Å². The zero-order valence-corrected chi connectivity index (χ0v) is 13.7. The van der Waals surface area contributed by atoms with Crippen molar-refractivity contribution in [3.8, 4) is 11.3 Å². The second-order valence-electron chi connectivity index (χ2n) is 6.12. The Morgan fingerprint density at radius 3 is 2.72 bits per heavy atom. The van der Waals surface area contributed by atoms with Crippen LogP contribution in [0.15, 0.2) is 54.6 Å². The largest absolute Gasteiger partial charge is 0.369 e. The van der Waals surface area contributed by atoms with Gasteiger partial charge in [-0.1, -0.05) is 47.7 Å². The van der Waals surface area contributed by atoms with E-state index in [-0.39, 0.29) is 11.9 Å². The maximum absolute atomic E-state index is 12.9.